The lowest BCUT2D eigenvalue weighted by Crippen LogP contribution is -2.49. The lowest BCUT2D eigenvalue weighted by atomic mass is 10.1. The molecule has 0 radical (unpaired) electrons. The van der Waals surface area contributed by atoms with E-state index in [2.05, 4.69) is 41.5 Å². The fourth-order valence-electron chi connectivity index (χ4n) is 3.82. The number of methoxy groups -OCH3 is 2. The first-order chi connectivity index (χ1) is 17.8. The Hall–Kier alpha value is -3.95. The van der Waals surface area contributed by atoms with Crippen molar-refractivity contribution in [3.63, 3.8) is 0 Å². The van der Waals surface area contributed by atoms with Crippen molar-refractivity contribution in [2.45, 2.75) is 53.1 Å². The highest BCUT2D eigenvalue weighted by Crippen LogP contribution is 2.30. The lowest BCUT2D eigenvalue weighted by molar-refractivity contribution is -0.126. The zero-order valence-electron chi connectivity index (χ0n) is 22.4. The predicted octanol–water partition coefficient (Wildman–Crippen LogP) is 3.50. The van der Waals surface area contributed by atoms with Gasteiger partial charge >= 0.3 is 0 Å². The smallest absolute Gasteiger partial charge is 0.251 e. The van der Waals surface area contributed by atoms with E-state index in [1.54, 1.807) is 39.3 Å². The molecule has 198 valence electrons. The molecule has 2 aromatic carbocycles. The van der Waals surface area contributed by atoms with Crippen molar-refractivity contribution >= 4 is 17.5 Å². The monoisotopic (exact) mass is 508 g/mol. The molecule has 10 nitrogen and oxygen atoms in total. The summed E-state index contributed by atoms with van der Waals surface area (Å²) in [5, 5.41) is 15.5. The number of tetrazole rings is 1. The Bertz CT molecular complexity index is 1190. The molecule has 0 aliphatic carbocycles. The van der Waals surface area contributed by atoms with Crippen molar-refractivity contribution < 1.29 is 19.1 Å². The van der Waals surface area contributed by atoms with Gasteiger partial charge in [-0.15, -0.1) is 10.2 Å². The van der Waals surface area contributed by atoms with Gasteiger partial charge < -0.3 is 14.8 Å². The third-order valence-corrected chi connectivity index (χ3v) is 6.05. The van der Waals surface area contributed by atoms with Gasteiger partial charge in [-0.2, -0.15) is 4.80 Å². The van der Waals surface area contributed by atoms with Crippen molar-refractivity contribution in [2.24, 2.45) is 5.92 Å². The Labute approximate surface area is 217 Å². The molecule has 10 heteroatoms. The van der Waals surface area contributed by atoms with Crippen molar-refractivity contribution in [1.29, 1.82) is 0 Å². The summed E-state index contributed by atoms with van der Waals surface area (Å²) in [5.74, 6) is 1.38. The highest BCUT2D eigenvalue weighted by Gasteiger charge is 2.28. The Balaban J connectivity index is 1.82. The zero-order valence-corrected chi connectivity index (χ0v) is 22.4. The second kappa shape index (κ2) is 12.8. The number of benzene rings is 2. The molecule has 1 unspecified atom stereocenters. The molecule has 1 heterocycles. The summed E-state index contributed by atoms with van der Waals surface area (Å²) in [6, 6.07) is 12.2. The van der Waals surface area contributed by atoms with Gasteiger partial charge in [-0.1, -0.05) is 32.9 Å². The van der Waals surface area contributed by atoms with E-state index >= 15 is 0 Å². The van der Waals surface area contributed by atoms with Gasteiger partial charge in [-0.3, -0.25) is 14.5 Å². The van der Waals surface area contributed by atoms with E-state index in [1.165, 1.54) is 9.70 Å². The Kier molecular flexibility index (Phi) is 9.59. The summed E-state index contributed by atoms with van der Waals surface area (Å²) in [6.45, 7) is 8.36. The number of amides is 2. The van der Waals surface area contributed by atoms with E-state index in [1.807, 2.05) is 24.3 Å². The first kappa shape index (κ1) is 27.6. The molecular formula is C27H36N6O4. The van der Waals surface area contributed by atoms with Crippen molar-refractivity contribution in [2.75, 3.05) is 25.7 Å². The quantitative estimate of drug-likeness (QED) is 0.399. The van der Waals surface area contributed by atoms with Crippen LogP contribution in [0.4, 0.5) is 5.69 Å². The van der Waals surface area contributed by atoms with Crippen LogP contribution >= 0.6 is 0 Å². The third-order valence-electron chi connectivity index (χ3n) is 6.05. The maximum absolute atomic E-state index is 13.5. The van der Waals surface area contributed by atoms with Crippen LogP contribution in [0.5, 0.6) is 11.5 Å². The highest BCUT2D eigenvalue weighted by molar-refractivity contribution is 6.00. The van der Waals surface area contributed by atoms with E-state index in [-0.39, 0.29) is 18.4 Å². The van der Waals surface area contributed by atoms with E-state index in [9.17, 15) is 9.59 Å². The molecule has 3 aromatic rings. The third kappa shape index (κ3) is 7.05. The normalized spacial score (nSPS) is 11.8. The summed E-state index contributed by atoms with van der Waals surface area (Å²) >= 11 is 0. The fourth-order valence-corrected chi connectivity index (χ4v) is 3.82. The second-order valence-electron chi connectivity index (χ2n) is 9.15. The molecule has 1 N–H and O–H groups in total. The van der Waals surface area contributed by atoms with Crippen LogP contribution < -0.4 is 19.7 Å². The largest absolute Gasteiger partial charge is 0.493 e. The van der Waals surface area contributed by atoms with Crippen LogP contribution in [0.3, 0.4) is 0 Å². The lowest BCUT2D eigenvalue weighted by Gasteiger charge is -2.28. The molecule has 1 aromatic heterocycles. The SMILES string of the molecule is CCc1ccc(N(C(=O)Cn2nnc(-c3ccc(OC)c(OC)c3)n2)C(C)C(=O)NCCC(C)C)cc1. The zero-order chi connectivity index (χ0) is 26.9. The van der Waals surface area contributed by atoms with Crippen LogP contribution in [0.2, 0.25) is 0 Å². The molecule has 0 aliphatic heterocycles. The summed E-state index contributed by atoms with van der Waals surface area (Å²) in [7, 11) is 3.11. The number of ether oxygens (including phenoxy) is 2. The Morgan fingerprint density at radius 3 is 2.35 bits per heavy atom. The van der Waals surface area contributed by atoms with Crippen LogP contribution in [-0.2, 0) is 22.6 Å². The molecule has 0 spiro atoms. The number of nitrogens with one attached hydrogen (secondary N) is 1. The number of aromatic nitrogens is 4. The van der Waals surface area contributed by atoms with E-state index in [0.29, 0.717) is 41.0 Å². The molecule has 37 heavy (non-hydrogen) atoms. The molecule has 0 fully saturated rings. The molecule has 0 aliphatic rings. The molecule has 0 bridgehead atoms. The number of carbonyl (C=O) groups is 2. The number of carbonyl (C=O) groups excluding carboxylic acids is 2. The highest BCUT2D eigenvalue weighted by atomic mass is 16.5. The maximum Gasteiger partial charge on any atom is 0.251 e. The van der Waals surface area contributed by atoms with Crippen molar-refractivity contribution in [1.82, 2.24) is 25.5 Å². The van der Waals surface area contributed by atoms with Gasteiger partial charge in [0.05, 0.1) is 14.2 Å². The maximum atomic E-state index is 13.5. The Morgan fingerprint density at radius 2 is 1.73 bits per heavy atom. The fraction of sp³-hybridized carbons (Fsp3) is 0.444. The van der Waals surface area contributed by atoms with E-state index in [4.69, 9.17) is 9.47 Å². The summed E-state index contributed by atoms with van der Waals surface area (Å²) in [5.41, 5.74) is 2.44. The van der Waals surface area contributed by atoms with Gasteiger partial charge in [0.1, 0.15) is 12.6 Å². The number of aryl methyl sites for hydroxylation is 1. The number of hydrogen-bond donors (Lipinski definition) is 1. The number of rotatable bonds is 12. The average molecular weight is 509 g/mol. The number of hydrogen-bond acceptors (Lipinski definition) is 7. The topological polar surface area (TPSA) is 111 Å². The minimum Gasteiger partial charge on any atom is -0.493 e. The van der Waals surface area contributed by atoms with Gasteiger partial charge in [0.2, 0.25) is 11.7 Å². The summed E-state index contributed by atoms with van der Waals surface area (Å²) in [4.78, 5) is 29.2. The van der Waals surface area contributed by atoms with Crippen LogP contribution in [0.25, 0.3) is 11.4 Å². The van der Waals surface area contributed by atoms with Gasteiger partial charge in [0.15, 0.2) is 11.5 Å². The first-order valence-corrected chi connectivity index (χ1v) is 12.5. The Morgan fingerprint density at radius 1 is 1.03 bits per heavy atom. The minimum atomic E-state index is -0.721. The average Bonchev–Trinajstić information content (AvgIpc) is 3.36. The summed E-state index contributed by atoms with van der Waals surface area (Å²) < 4.78 is 10.6. The second-order valence-corrected chi connectivity index (χ2v) is 9.15. The molecule has 0 saturated carbocycles. The standard InChI is InChI=1S/C27H36N6O4/c1-7-20-8-11-22(12-9-20)33(19(4)27(35)28-15-14-18(2)3)25(34)17-32-30-26(29-31-32)21-10-13-23(36-5)24(16-21)37-6/h8-13,16,18-19H,7,14-15,17H2,1-6H3,(H,28,35). The van der Waals surface area contributed by atoms with Crippen LogP contribution in [0.1, 0.15) is 39.7 Å². The van der Waals surface area contributed by atoms with Gasteiger partial charge in [-0.05, 0) is 66.8 Å². The van der Waals surface area contributed by atoms with E-state index in [0.717, 1.165) is 18.4 Å². The predicted molar refractivity (Wildman–Crippen MR) is 142 cm³/mol. The van der Waals surface area contributed by atoms with Crippen molar-refractivity contribution in [3.05, 3.63) is 48.0 Å². The van der Waals surface area contributed by atoms with Gasteiger partial charge in [0, 0.05) is 17.8 Å². The van der Waals surface area contributed by atoms with Crippen LogP contribution in [-0.4, -0.2) is 58.8 Å². The van der Waals surface area contributed by atoms with Crippen molar-refractivity contribution in [3.8, 4) is 22.9 Å². The number of nitrogens with zero attached hydrogens (tertiary/aromatic N) is 5. The molecule has 0 saturated heterocycles. The molecule has 3 rings (SSSR count). The van der Waals surface area contributed by atoms with Gasteiger partial charge in [0.25, 0.3) is 5.91 Å². The molecule has 2 amide bonds. The minimum absolute atomic E-state index is 0.181. The molecular weight excluding hydrogens is 472 g/mol. The first-order valence-electron chi connectivity index (χ1n) is 12.5. The van der Waals surface area contributed by atoms with Gasteiger partial charge in [-0.25, -0.2) is 0 Å². The number of anilines is 1. The molecule has 1 atom stereocenters. The van der Waals surface area contributed by atoms with Crippen LogP contribution in [0, 0.1) is 5.92 Å². The van der Waals surface area contributed by atoms with E-state index < -0.39 is 6.04 Å². The summed E-state index contributed by atoms with van der Waals surface area (Å²) in [6.07, 6.45) is 1.74. The van der Waals surface area contributed by atoms with Crippen LogP contribution in [0.15, 0.2) is 42.5 Å².